The zero-order valence-corrected chi connectivity index (χ0v) is 23.6. The van der Waals surface area contributed by atoms with Gasteiger partial charge in [0.15, 0.2) is 11.6 Å². The molecule has 0 aliphatic carbocycles. The molecule has 5 rings (SSSR count). The number of benzene rings is 2. The van der Waals surface area contributed by atoms with Gasteiger partial charge >= 0.3 is 6.18 Å². The molecule has 1 atom stereocenters. The van der Waals surface area contributed by atoms with Crippen molar-refractivity contribution in [1.29, 1.82) is 0 Å². The number of ether oxygens (including phenoxy) is 2. The number of nitrogens with zero attached hydrogens (tertiary/aromatic N) is 4. The van der Waals surface area contributed by atoms with Gasteiger partial charge in [-0.2, -0.15) is 13.2 Å². The van der Waals surface area contributed by atoms with Crippen LogP contribution in [0.1, 0.15) is 18.9 Å². The van der Waals surface area contributed by atoms with Gasteiger partial charge in [-0.05, 0) is 36.2 Å². The van der Waals surface area contributed by atoms with Crippen molar-refractivity contribution in [2.24, 2.45) is 0 Å². The predicted molar refractivity (Wildman–Crippen MR) is 154 cm³/mol. The number of pyridine rings is 1. The molecular weight excluding hydrogens is 576 g/mol. The number of morpholine rings is 1. The van der Waals surface area contributed by atoms with Gasteiger partial charge in [-0.1, -0.05) is 19.1 Å². The molecule has 2 aromatic carbocycles. The standard InChI is InChI=1S/C28H28F4N6O3S/c1-3-11-42(39)37-21-6-4-5-17(24(21)29)16-12-18-25(22(13-16)40-2)35-26(36-27(18)38-7-9-41-10-8-38)19-15-34-23(33)14-20(19)28(30,31)32/h4-6,12-15,37H,3,7-11H2,1-2H3,(H2,33,34). The van der Waals surface area contributed by atoms with Crippen LogP contribution in [0, 0.1) is 5.82 Å². The Bertz CT molecular complexity index is 1650. The fraction of sp³-hybridized carbons (Fsp3) is 0.321. The molecule has 1 saturated heterocycles. The molecular formula is C28H28F4N6O3S. The average molecular weight is 605 g/mol. The third-order valence-electron chi connectivity index (χ3n) is 6.67. The lowest BCUT2D eigenvalue weighted by atomic mass is 10.0. The third-order valence-corrected chi connectivity index (χ3v) is 7.90. The molecule has 0 amide bonds. The van der Waals surface area contributed by atoms with Gasteiger partial charge in [0.1, 0.15) is 33.9 Å². The molecule has 0 radical (unpaired) electrons. The number of nitrogen functional groups attached to an aromatic ring is 1. The second-order valence-electron chi connectivity index (χ2n) is 9.52. The molecule has 0 spiro atoms. The Hall–Kier alpha value is -4.04. The maximum atomic E-state index is 15.7. The summed E-state index contributed by atoms with van der Waals surface area (Å²) in [6.07, 6.45) is -3.08. The number of nitrogens with two attached hydrogens (primary N) is 1. The Morgan fingerprint density at radius 3 is 2.60 bits per heavy atom. The van der Waals surface area contributed by atoms with E-state index in [1.165, 1.54) is 13.2 Å². The van der Waals surface area contributed by atoms with Gasteiger partial charge in [-0.15, -0.1) is 0 Å². The molecule has 1 unspecified atom stereocenters. The first-order valence-electron chi connectivity index (χ1n) is 13.1. The first kappa shape index (κ1) is 29.5. The number of rotatable bonds is 8. The smallest absolute Gasteiger partial charge is 0.417 e. The number of nitrogens with one attached hydrogen (secondary N) is 1. The summed E-state index contributed by atoms with van der Waals surface area (Å²) in [5.74, 6) is -0.232. The van der Waals surface area contributed by atoms with E-state index >= 15 is 4.39 Å². The van der Waals surface area contributed by atoms with Crippen molar-refractivity contribution in [3.8, 4) is 28.3 Å². The highest BCUT2D eigenvalue weighted by Crippen LogP contribution is 2.41. The number of fused-ring (bicyclic) bond motifs is 1. The predicted octanol–water partition coefficient (Wildman–Crippen LogP) is 5.43. The summed E-state index contributed by atoms with van der Waals surface area (Å²) in [7, 11) is -0.0667. The van der Waals surface area contributed by atoms with Crippen LogP contribution in [-0.2, 0) is 21.9 Å². The van der Waals surface area contributed by atoms with Gasteiger partial charge < -0.3 is 24.8 Å². The Morgan fingerprint density at radius 2 is 1.90 bits per heavy atom. The minimum atomic E-state index is -4.74. The second-order valence-corrected chi connectivity index (χ2v) is 10.8. The maximum Gasteiger partial charge on any atom is 0.417 e. The van der Waals surface area contributed by atoms with Crippen LogP contribution in [-0.4, -0.2) is 58.3 Å². The normalized spacial score (nSPS) is 14.7. The molecule has 42 heavy (non-hydrogen) atoms. The Morgan fingerprint density at radius 1 is 1.14 bits per heavy atom. The van der Waals surface area contributed by atoms with E-state index in [0.717, 1.165) is 12.3 Å². The van der Waals surface area contributed by atoms with E-state index in [1.54, 1.807) is 24.3 Å². The number of aromatic nitrogens is 3. The first-order chi connectivity index (χ1) is 20.1. The molecule has 14 heteroatoms. The summed E-state index contributed by atoms with van der Waals surface area (Å²) >= 11 is 0. The first-order valence-corrected chi connectivity index (χ1v) is 14.4. The fourth-order valence-corrected chi connectivity index (χ4v) is 5.59. The van der Waals surface area contributed by atoms with Crippen LogP contribution < -0.4 is 20.1 Å². The summed E-state index contributed by atoms with van der Waals surface area (Å²) in [6.45, 7) is 3.47. The van der Waals surface area contributed by atoms with Crippen molar-refractivity contribution >= 4 is 39.2 Å². The van der Waals surface area contributed by atoms with Crippen LogP contribution in [0.4, 0.5) is 34.9 Å². The number of halogens is 4. The minimum absolute atomic E-state index is 0.0777. The summed E-state index contributed by atoms with van der Waals surface area (Å²) in [5.41, 5.74) is 5.14. The summed E-state index contributed by atoms with van der Waals surface area (Å²) in [5, 5.41) is 0.444. The molecule has 3 heterocycles. The maximum absolute atomic E-state index is 15.7. The van der Waals surface area contributed by atoms with E-state index in [4.69, 9.17) is 15.2 Å². The SMILES string of the molecule is CCCS(=O)Nc1cccc(-c2cc(OC)c3nc(-c4cnc(N)cc4C(F)(F)F)nc(N4CCOCC4)c3c2)c1F. The van der Waals surface area contributed by atoms with Crippen LogP contribution in [0.2, 0.25) is 0 Å². The molecule has 222 valence electrons. The van der Waals surface area contributed by atoms with Crippen molar-refractivity contribution in [2.45, 2.75) is 19.5 Å². The number of methoxy groups -OCH3 is 1. The number of anilines is 3. The monoisotopic (exact) mass is 604 g/mol. The average Bonchev–Trinajstić information content (AvgIpc) is 2.97. The highest BCUT2D eigenvalue weighted by atomic mass is 32.2. The second kappa shape index (κ2) is 12.1. The van der Waals surface area contributed by atoms with Crippen molar-refractivity contribution < 1.29 is 31.2 Å². The Labute approximate surface area is 241 Å². The summed E-state index contributed by atoms with van der Waals surface area (Å²) < 4.78 is 83.8. The van der Waals surface area contributed by atoms with E-state index in [-0.39, 0.29) is 39.7 Å². The van der Waals surface area contributed by atoms with Crippen LogP contribution in [0.25, 0.3) is 33.4 Å². The van der Waals surface area contributed by atoms with E-state index in [0.29, 0.717) is 55.2 Å². The van der Waals surface area contributed by atoms with Gasteiger partial charge in [0.25, 0.3) is 0 Å². The topological polar surface area (TPSA) is 115 Å². The number of hydrogen-bond donors (Lipinski definition) is 2. The van der Waals surface area contributed by atoms with Crippen LogP contribution in [0.15, 0.2) is 42.6 Å². The lowest BCUT2D eigenvalue weighted by molar-refractivity contribution is -0.137. The van der Waals surface area contributed by atoms with E-state index in [1.807, 2.05) is 11.8 Å². The summed E-state index contributed by atoms with van der Waals surface area (Å²) in [4.78, 5) is 14.8. The number of hydrogen-bond acceptors (Lipinski definition) is 8. The molecule has 4 aromatic rings. The van der Waals surface area contributed by atoms with Gasteiger partial charge in [-0.3, -0.25) is 0 Å². The van der Waals surface area contributed by atoms with Crippen LogP contribution >= 0.6 is 0 Å². The molecule has 0 saturated carbocycles. The molecule has 9 nitrogen and oxygen atoms in total. The largest absolute Gasteiger partial charge is 0.494 e. The Balaban J connectivity index is 1.73. The van der Waals surface area contributed by atoms with Crippen LogP contribution in [0.5, 0.6) is 5.75 Å². The van der Waals surface area contributed by atoms with Gasteiger partial charge in [-0.25, -0.2) is 23.6 Å². The van der Waals surface area contributed by atoms with Crippen LogP contribution in [0.3, 0.4) is 0 Å². The van der Waals surface area contributed by atoms with Gasteiger partial charge in [0.2, 0.25) is 0 Å². The molecule has 1 fully saturated rings. The highest BCUT2D eigenvalue weighted by Gasteiger charge is 2.35. The van der Waals surface area contributed by atoms with Crippen molar-refractivity contribution in [3.05, 3.63) is 54.0 Å². The summed E-state index contributed by atoms with van der Waals surface area (Å²) in [6, 6.07) is 8.68. The van der Waals surface area contributed by atoms with Crippen molar-refractivity contribution in [1.82, 2.24) is 15.0 Å². The van der Waals surface area contributed by atoms with Crippen molar-refractivity contribution in [2.75, 3.05) is 54.5 Å². The molecule has 1 aliphatic heterocycles. The molecule has 3 N–H and O–H groups in total. The highest BCUT2D eigenvalue weighted by molar-refractivity contribution is 7.86. The van der Waals surface area contributed by atoms with E-state index in [2.05, 4.69) is 19.7 Å². The lowest BCUT2D eigenvalue weighted by Gasteiger charge is -2.29. The third kappa shape index (κ3) is 5.95. The Kier molecular flexibility index (Phi) is 8.45. The quantitative estimate of drug-likeness (QED) is 0.256. The van der Waals surface area contributed by atoms with Gasteiger partial charge in [0, 0.05) is 41.6 Å². The zero-order valence-electron chi connectivity index (χ0n) is 22.8. The molecule has 2 aromatic heterocycles. The zero-order chi connectivity index (χ0) is 30.0. The fourth-order valence-electron chi connectivity index (χ4n) is 4.71. The van der Waals surface area contributed by atoms with Gasteiger partial charge in [0.05, 0.1) is 31.6 Å². The molecule has 1 aliphatic rings. The van der Waals surface area contributed by atoms with Crippen molar-refractivity contribution in [3.63, 3.8) is 0 Å². The number of alkyl halides is 3. The minimum Gasteiger partial charge on any atom is -0.494 e. The lowest BCUT2D eigenvalue weighted by Crippen LogP contribution is -2.37. The van der Waals surface area contributed by atoms with E-state index < -0.39 is 28.5 Å². The molecule has 0 bridgehead atoms. The van der Waals surface area contributed by atoms with E-state index in [9.17, 15) is 17.4 Å².